The summed E-state index contributed by atoms with van der Waals surface area (Å²) in [5.41, 5.74) is 5.70. The van der Waals surface area contributed by atoms with Gasteiger partial charge >= 0.3 is 0 Å². The highest BCUT2D eigenvalue weighted by Gasteiger charge is 2.18. The Morgan fingerprint density at radius 1 is 1.33 bits per heavy atom. The van der Waals surface area contributed by atoms with E-state index in [2.05, 4.69) is 17.2 Å². The number of carbonyl (C=O) groups is 1. The Kier molecular flexibility index (Phi) is 3.63. The van der Waals surface area contributed by atoms with Gasteiger partial charge in [0, 0.05) is 43.4 Å². The molecule has 2 heterocycles. The molecule has 1 aromatic carbocycles. The van der Waals surface area contributed by atoms with Crippen molar-refractivity contribution in [3.63, 3.8) is 0 Å². The second kappa shape index (κ2) is 5.82. The number of aryl methyl sites for hydroxylation is 3. The van der Waals surface area contributed by atoms with Gasteiger partial charge in [-0.3, -0.25) is 9.48 Å². The molecule has 2 aromatic heterocycles. The van der Waals surface area contributed by atoms with Gasteiger partial charge in [-0.1, -0.05) is 0 Å². The number of rotatable bonds is 4. The van der Waals surface area contributed by atoms with Crippen molar-refractivity contribution in [2.24, 2.45) is 7.05 Å². The number of fused-ring (bicyclic) bond motifs is 2. The second-order valence-electron chi connectivity index (χ2n) is 6.68. The molecule has 124 valence electrons. The van der Waals surface area contributed by atoms with Crippen LogP contribution in [0.25, 0.3) is 11.0 Å². The Bertz CT molecular complexity index is 907. The topological polar surface area (TPSA) is 51.3 Å². The Morgan fingerprint density at radius 2 is 2.12 bits per heavy atom. The number of benzene rings is 1. The third-order valence-electron chi connectivity index (χ3n) is 4.81. The highest BCUT2D eigenvalue weighted by atomic mass is 16.3. The molecule has 4 rings (SSSR count). The average Bonchev–Trinajstić information content (AvgIpc) is 3.26. The molecule has 24 heavy (non-hydrogen) atoms. The van der Waals surface area contributed by atoms with Gasteiger partial charge in [0.15, 0.2) is 0 Å². The van der Waals surface area contributed by atoms with Crippen molar-refractivity contribution >= 4 is 16.9 Å². The Balaban J connectivity index is 1.52. The summed E-state index contributed by atoms with van der Waals surface area (Å²) in [5.74, 6) is 0.0852. The molecule has 5 heteroatoms. The number of furan rings is 1. The number of hydrogen-bond acceptors (Lipinski definition) is 3. The van der Waals surface area contributed by atoms with Crippen LogP contribution in [0, 0.1) is 0 Å². The Morgan fingerprint density at radius 3 is 2.88 bits per heavy atom. The quantitative estimate of drug-likeness (QED) is 0.742. The minimum Gasteiger partial charge on any atom is -0.464 e. The summed E-state index contributed by atoms with van der Waals surface area (Å²) in [7, 11) is 3.71. The first kappa shape index (κ1) is 15.0. The summed E-state index contributed by atoms with van der Waals surface area (Å²) < 4.78 is 7.44. The zero-order chi connectivity index (χ0) is 16.7. The number of aromatic nitrogens is 2. The van der Waals surface area contributed by atoms with Crippen molar-refractivity contribution in [3.05, 3.63) is 53.0 Å². The van der Waals surface area contributed by atoms with E-state index in [4.69, 9.17) is 4.42 Å². The molecule has 0 saturated heterocycles. The first-order valence-corrected chi connectivity index (χ1v) is 8.33. The van der Waals surface area contributed by atoms with Crippen molar-refractivity contribution in [3.8, 4) is 0 Å². The molecule has 0 saturated carbocycles. The third kappa shape index (κ3) is 2.70. The lowest BCUT2D eigenvalue weighted by Gasteiger charge is -2.15. The maximum Gasteiger partial charge on any atom is 0.227 e. The van der Waals surface area contributed by atoms with E-state index in [1.807, 2.05) is 20.3 Å². The molecular weight excluding hydrogens is 302 g/mol. The van der Waals surface area contributed by atoms with Gasteiger partial charge in [0.1, 0.15) is 5.58 Å². The fraction of sp³-hybridized carbons (Fsp3) is 0.368. The van der Waals surface area contributed by atoms with Gasteiger partial charge in [-0.15, -0.1) is 0 Å². The first-order valence-electron chi connectivity index (χ1n) is 8.33. The Hall–Kier alpha value is -2.56. The maximum atomic E-state index is 12.6. The highest BCUT2D eigenvalue weighted by Crippen LogP contribution is 2.30. The summed E-state index contributed by atoms with van der Waals surface area (Å²) in [4.78, 5) is 14.3. The van der Waals surface area contributed by atoms with Gasteiger partial charge in [-0.25, -0.2) is 0 Å². The summed E-state index contributed by atoms with van der Waals surface area (Å²) in [5, 5.41) is 5.22. The minimum atomic E-state index is 0.0852. The van der Waals surface area contributed by atoms with E-state index in [0.717, 1.165) is 34.9 Å². The van der Waals surface area contributed by atoms with Gasteiger partial charge in [-0.2, -0.15) is 5.10 Å². The molecule has 0 radical (unpaired) electrons. The van der Waals surface area contributed by atoms with Gasteiger partial charge in [-0.05, 0) is 42.5 Å². The zero-order valence-electron chi connectivity index (χ0n) is 14.1. The SMILES string of the molecule is CN(Cc1cnn(C)c1)C(=O)Cc1coc2cc3c(cc12)CCC3. The van der Waals surface area contributed by atoms with Gasteiger partial charge in [0.05, 0.1) is 18.9 Å². The van der Waals surface area contributed by atoms with Crippen LogP contribution in [0.1, 0.15) is 28.7 Å². The van der Waals surface area contributed by atoms with Crippen LogP contribution in [0.5, 0.6) is 0 Å². The van der Waals surface area contributed by atoms with E-state index in [-0.39, 0.29) is 5.91 Å². The predicted molar refractivity (Wildman–Crippen MR) is 91.6 cm³/mol. The van der Waals surface area contributed by atoms with E-state index < -0.39 is 0 Å². The molecule has 0 fully saturated rings. The van der Waals surface area contributed by atoms with Gasteiger partial charge in [0.2, 0.25) is 5.91 Å². The van der Waals surface area contributed by atoms with Crippen LogP contribution in [0.4, 0.5) is 0 Å². The normalized spacial score (nSPS) is 13.4. The van der Waals surface area contributed by atoms with Crippen LogP contribution in [0.3, 0.4) is 0 Å². The summed E-state index contributed by atoms with van der Waals surface area (Å²) in [6.45, 7) is 0.567. The number of nitrogens with zero attached hydrogens (tertiary/aromatic N) is 3. The lowest BCUT2D eigenvalue weighted by molar-refractivity contribution is -0.129. The minimum absolute atomic E-state index is 0.0852. The molecule has 1 aliphatic carbocycles. The van der Waals surface area contributed by atoms with E-state index >= 15 is 0 Å². The van der Waals surface area contributed by atoms with Crippen molar-refractivity contribution in [2.45, 2.75) is 32.2 Å². The Labute approximate surface area is 140 Å². The second-order valence-corrected chi connectivity index (χ2v) is 6.68. The monoisotopic (exact) mass is 323 g/mol. The third-order valence-corrected chi connectivity index (χ3v) is 4.81. The van der Waals surface area contributed by atoms with Gasteiger partial charge in [0.25, 0.3) is 0 Å². The molecule has 0 aliphatic heterocycles. The van der Waals surface area contributed by atoms with Crippen molar-refractivity contribution in [2.75, 3.05) is 7.05 Å². The molecule has 0 unspecified atom stereocenters. The van der Waals surface area contributed by atoms with E-state index in [1.54, 1.807) is 22.0 Å². The molecule has 3 aromatic rings. The van der Waals surface area contributed by atoms with Crippen LogP contribution < -0.4 is 0 Å². The summed E-state index contributed by atoms with van der Waals surface area (Å²) in [6, 6.07) is 4.36. The maximum absolute atomic E-state index is 12.6. The van der Waals surface area contributed by atoms with E-state index in [1.165, 1.54) is 17.5 Å². The fourth-order valence-corrected chi connectivity index (χ4v) is 3.50. The fourth-order valence-electron chi connectivity index (χ4n) is 3.50. The van der Waals surface area contributed by atoms with Crippen molar-refractivity contribution in [1.82, 2.24) is 14.7 Å². The summed E-state index contributed by atoms with van der Waals surface area (Å²) >= 11 is 0. The number of carbonyl (C=O) groups excluding carboxylic acids is 1. The van der Waals surface area contributed by atoms with Gasteiger partial charge < -0.3 is 9.32 Å². The van der Waals surface area contributed by atoms with Crippen molar-refractivity contribution in [1.29, 1.82) is 0 Å². The smallest absolute Gasteiger partial charge is 0.227 e. The largest absolute Gasteiger partial charge is 0.464 e. The lowest BCUT2D eigenvalue weighted by atomic mass is 10.0. The lowest BCUT2D eigenvalue weighted by Crippen LogP contribution is -2.27. The van der Waals surface area contributed by atoms with Crippen LogP contribution in [0.2, 0.25) is 0 Å². The van der Waals surface area contributed by atoms with Crippen LogP contribution in [0.15, 0.2) is 35.2 Å². The molecule has 0 bridgehead atoms. The molecule has 0 spiro atoms. The number of hydrogen-bond donors (Lipinski definition) is 0. The molecule has 1 amide bonds. The van der Waals surface area contributed by atoms with E-state index in [9.17, 15) is 4.79 Å². The predicted octanol–water partition coefficient (Wildman–Crippen LogP) is 2.86. The molecule has 0 N–H and O–H groups in total. The number of likely N-dealkylation sites (N-methyl/N-ethyl adjacent to an activating group) is 1. The zero-order valence-corrected chi connectivity index (χ0v) is 14.1. The summed E-state index contributed by atoms with van der Waals surface area (Å²) in [6.07, 6.45) is 9.29. The number of amides is 1. The van der Waals surface area contributed by atoms with Crippen LogP contribution >= 0.6 is 0 Å². The van der Waals surface area contributed by atoms with Crippen LogP contribution in [-0.2, 0) is 37.6 Å². The molecule has 1 aliphatic rings. The molecule has 5 nitrogen and oxygen atoms in total. The van der Waals surface area contributed by atoms with Crippen molar-refractivity contribution < 1.29 is 9.21 Å². The van der Waals surface area contributed by atoms with E-state index in [0.29, 0.717) is 13.0 Å². The molecular formula is C19H21N3O2. The average molecular weight is 323 g/mol. The molecule has 0 atom stereocenters. The standard InChI is InChI=1S/C19H21N3O2/c1-21(10-13-9-20-22(2)11-13)19(23)8-16-12-24-18-7-15-5-3-4-14(15)6-17(16)18/h6-7,9,11-12H,3-5,8,10H2,1-2H3. The first-order chi connectivity index (χ1) is 11.6. The van der Waals surface area contributed by atoms with Crippen LogP contribution in [-0.4, -0.2) is 27.6 Å². The highest BCUT2D eigenvalue weighted by molar-refractivity contribution is 5.88.